The predicted molar refractivity (Wildman–Crippen MR) is 28.9 cm³/mol. The van der Waals surface area contributed by atoms with Gasteiger partial charge in [-0.3, -0.25) is 0 Å². The van der Waals surface area contributed by atoms with E-state index in [-0.39, 0.29) is 0 Å². The van der Waals surface area contributed by atoms with E-state index in [4.69, 9.17) is 0 Å². The van der Waals surface area contributed by atoms with Crippen molar-refractivity contribution in [3.8, 4) is 0 Å². The lowest BCUT2D eigenvalue weighted by Crippen LogP contribution is -1.40. The van der Waals surface area contributed by atoms with Crippen LogP contribution in [0, 0.1) is 0 Å². The Balaban J connectivity index is 3.07. The van der Waals surface area contributed by atoms with Gasteiger partial charge >= 0.3 is 0 Å². The van der Waals surface area contributed by atoms with E-state index in [1.54, 1.807) is 7.05 Å². The Bertz CT molecular complexity index is 57.2. The maximum absolute atomic E-state index is 3.72. The van der Waals surface area contributed by atoms with E-state index in [0.717, 1.165) is 0 Å². The third kappa shape index (κ3) is 3.69. The molecule has 0 bridgehead atoms. The van der Waals surface area contributed by atoms with Crippen LogP contribution in [0.1, 0.15) is 0 Å². The zero-order valence-electron chi connectivity index (χ0n) is 3.50. The Morgan fingerprint density at radius 3 is 2.50 bits per heavy atom. The minimum atomic E-state index is 1.50. The molecular formula is C3H6N2S. The number of azo groups is 1. The van der Waals surface area contributed by atoms with E-state index >= 15 is 0 Å². The number of hydrogen-bond donors (Lipinski definition) is 1. The lowest BCUT2D eigenvalue weighted by atomic mass is 11.1. The van der Waals surface area contributed by atoms with Gasteiger partial charge in [0, 0.05) is 7.05 Å². The smallest absolute Gasteiger partial charge is 0.0551 e. The standard InChI is InChI=1S/C3H6N2S/c1-4-5-2-3-6/h2-3,6H,1H3/b3-2-,5-4-. The molecule has 0 rings (SSSR count). The highest BCUT2D eigenvalue weighted by molar-refractivity contribution is 7.83. The highest BCUT2D eigenvalue weighted by Crippen LogP contribution is 1.76. The van der Waals surface area contributed by atoms with E-state index in [1.165, 1.54) is 11.6 Å². The van der Waals surface area contributed by atoms with Gasteiger partial charge in [0.05, 0.1) is 6.20 Å². The van der Waals surface area contributed by atoms with E-state index in [1.807, 2.05) is 0 Å². The van der Waals surface area contributed by atoms with Crippen molar-refractivity contribution in [2.24, 2.45) is 10.2 Å². The van der Waals surface area contributed by atoms with Crippen LogP contribution in [0.15, 0.2) is 21.8 Å². The van der Waals surface area contributed by atoms with Crippen molar-refractivity contribution >= 4 is 12.6 Å². The van der Waals surface area contributed by atoms with Gasteiger partial charge in [0.25, 0.3) is 0 Å². The molecule has 0 aromatic heterocycles. The Morgan fingerprint density at radius 2 is 2.33 bits per heavy atom. The zero-order chi connectivity index (χ0) is 4.83. The first-order valence-corrected chi connectivity index (χ1v) is 2.01. The third-order valence-electron chi connectivity index (χ3n) is 0.249. The first-order valence-electron chi connectivity index (χ1n) is 1.50. The molecule has 0 aliphatic rings. The SMILES string of the molecule is C/N=N\C=C/S. The third-order valence-corrected chi connectivity index (χ3v) is 0.382. The summed E-state index contributed by atoms with van der Waals surface area (Å²) in [5.74, 6) is 0. The maximum atomic E-state index is 3.72. The molecule has 2 nitrogen and oxygen atoms in total. The molecule has 0 fully saturated rings. The second-order valence-electron chi connectivity index (χ2n) is 0.614. The van der Waals surface area contributed by atoms with Crippen molar-refractivity contribution in [1.29, 1.82) is 0 Å². The summed E-state index contributed by atoms with van der Waals surface area (Å²) in [6, 6.07) is 0. The summed E-state index contributed by atoms with van der Waals surface area (Å²) in [7, 11) is 1.60. The number of nitrogens with zero attached hydrogens (tertiary/aromatic N) is 2. The van der Waals surface area contributed by atoms with Crippen molar-refractivity contribution in [3.63, 3.8) is 0 Å². The van der Waals surface area contributed by atoms with E-state index in [9.17, 15) is 0 Å². The summed E-state index contributed by atoms with van der Waals surface area (Å²) in [5, 5.41) is 8.39. The van der Waals surface area contributed by atoms with Crippen LogP contribution in [0.5, 0.6) is 0 Å². The minimum absolute atomic E-state index is 1.50. The van der Waals surface area contributed by atoms with Crippen molar-refractivity contribution < 1.29 is 0 Å². The van der Waals surface area contributed by atoms with Crippen LogP contribution in [0.2, 0.25) is 0 Å². The largest absolute Gasteiger partial charge is 0.193 e. The molecule has 0 saturated carbocycles. The molecule has 0 aliphatic heterocycles. The summed E-state index contributed by atoms with van der Waals surface area (Å²) in [4.78, 5) is 0. The van der Waals surface area contributed by atoms with Gasteiger partial charge in [0.1, 0.15) is 0 Å². The summed E-state index contributed by atoms with van der Waals surface area (Å²) >= 11 is 3.72. The van der Waals surface area contributed by atoms with Crippen LogP contribution < -0.4 is 0 Å². The van der Waals surface area contributed by atoms with Gasteiger partial charge < -0.3 is 0 Å². The summed E-state index contributed by atoms with van der Waals surface area (Å²) < 4.78 is 0. The molecule has 0 heterocycles. The highest BCUT2D eigenvalue weighted by atomic mass is 32.1. The maximum Gasteiger partial charge on any atom is 0.0551 e. The van der Waals surface area contributed by atoms with Crippen LogP contribution in [-0.4, -0.2) is 7.05 Å². The summed E-state index contributed by atoms with van der Waals surface area (Å²) in [6.45, 7) is 0. The van der Waals surface area contributed by atoms with Gasteiger partial charge in [-0.15, -0.1) is 12.6 Å². The van der Waals surface area contributed by atoms with Crippen LogP contribution in [0.3, 0.4) is 0 Å². The summed E-state index contributed by atoms with van der Waals surface area (Å²) in [5.41, 5.74) is 0. The van der Waals surface area contributed by atoms with E-state index < -0.39 is 0 Å². The van der Waals surface area contributed by atoms with Crippen molar-refractivity contribution in [1.82, 2.24) is 0 Å². The zero-order valence-corrected chi connectivity index (χ0v) is 4.39. The molecule has 34 valence electrons. The molecular weight excluding hydrogens is 96.1 g/mol. The molecule has 0 aromatic rings. The Kier molecular flexibility index (Phi) is 4.45. The molecule has 0 amide bonds. The van der Waals surface area contributed by atoms with Gasteiger partial charge in [-0.05, 0) is 5.41 Å². The molecule has 0 spiro atoms. The Hall–Kier alpha value is -0.310. The Morgan fingerprint density at radius 1 is 1.67 bits per heavy atom. The van der Waals surface area contributed by atoms with Crippen LogP contribution in [0.4, 0.5) is 0 Å². The van der Waals surface area contributed by atoms with Crippen molar-refractivity contribution in [3.05, 3.63) is 11.6 Å². The molecule has 0 N–H and O–H groups in total. The topological polar surface area (TPSA) is 24.7 Å². The van der Waals surface area contributed by atoms with Gasteiger partial charge in [-0.2, -0.15) is 10.2 Å². The average Bonchev–Trinajstić information content (AvgIpc) is 1.61. The molecule has 6 heavy (non-hydrogen) atoms. The predicted octanol–water partition coefficient (Wildman–Crippen LogP) is 1.47. The normalized spacial score (nSPS) is 11.7. The first-order chi connectivity index (χ1) is 2.91. The van der Waals surface area contributed by atoms with Crippen LogP contribution >= 0.6 is 12.6 Å². The fourth-order valence-corrected chi connectivity index (χ4v) is 0.156. The molecule has 0 saturated heterocycles. The Labute approximate surface area is 42.4 Å². The lowest BCUT2D eigenvalue weighted by Gasteiger charge is -1.63. The fourth-order valence-electron chi connectivity index (χ4n) is 0.0965. The quantitative estimate of drug-likeness (QED) is 0.383. The molecule has 0 aliphatic carbocycles. The number of thiol groups is 1. The van der Waals surface area contributed by atoms with Gasteiger partial charge in [0.2, 0.25) is 0 Å². The van der Waals surface area contributed by atoms with Gasteiger partial charge in [-0.25, -0.2) is 0 Å². The number of hydrogen-bond acceptors (Lipinski definition) is 3. The molecule has 0 unspecified atom stereocenters. The fraction of sp³-hybridized carbons (Fsp3) is 0.333. The summed E-state index contributed by atoms with van der Waals surface area (Å²) in [6.07, 6.45) is 1.50. The number of rotatable bonds is 1. The van der Waals surface area contributed by atoms with Crippen molar-refractivity contribution in [2.75, 3.05) is 7.05 Å². The van der Waals surface area contributed by atoms with Crippen LogP contribution in [-0.2, 0) is 0 Å². The van der Waals surface area contributed by atoms with Gasteiger partial charge in [0.15, 0.2) is 0 Å². The second-order valence-corrected chi connectivity index (χ2v) is 0.912. The van der Waals surface area contributed by atoms with E-state index in [2.05, 4.69) is 22.9 Å². The molecule has 0 atom stereocenters. The lowest BCUT2D eigenvalue weighted by molar-refractivity contribution is 1.17. The monoisotopic (exact) mass is 102 g/mol. The second kappa shape index (κ2) is 4.69. The average molecular weight is 102 g/mol. The first kappa shape index (κ1) is 5.69. The van der Waals surface area contributed by atoms with Crippen molar-refractivity contribution in [2.45, 2.75) is 0 Å². The molecule has 0 aromatic carbocycles. The minimum Gasteiger partial charge on any atom is -0.193 e. The molecule has 0 radical (unpaired) electrons. The van der Waals surface area contributed by atoms with E-state index in [0.29, 0.717) is 0 Å². The van der Waals surface area contributed by atoms with Gasteiger partial charge in [-0.1, -0.05) is 0 Å². The highest BCUT2D eigenvalue weighted by Gasteiger charge is 1.49. The molecule has 3 heteroatoms. The van der Waals surface area contributed by atoms with Crippen LogP contribution in [0.25, 0.3) is 0 Å².